The molecule has 0 rings (SSSR count). The second-order valence-corrected chi connectivity index (χ2v) is 2.50. The van der Waals surface area contributed by atoms with Crippen LogP contribution in [0.25, 0.3) is 0 Å². The van der Waals surface area contributed by atoms with Crippen LogP contribution in [0.3, 0.4) is 0 Å². The van der Waals surface area contributed by atoms with Crippen LogP contribution in [0.4, 0.5) is 0 Å². The summed E-state index contributed by atoms with van der Waals surface area (Å²) in [5, 5.41) is 9.38. The van der Waals surface area contributed by atoms with Gasteiger partial charge in [0.15, 0.2) is 0 Å². The van der Waals surface area contributed by atoms with E-state index in [1.165, 1.54) is 0 Å². The standard InChI is InChI=1S/C9H17O/c1-4-7-9(10)8(5-2)6-3/h4,7-10H,1,5-6H2,2-3H3. The summed E-state index contributed by atoms with van der Waals surface area (Å²) in [6.45, 7) is 7.72. The van der Waals surface area contributed by atoms with E-state index >= 15 is 0 Å². The third-order valence-corrected chi connectivity index (χ3v) is 1.86. The molecule has 0 fully saturated rings. The molecule has 0 saturated carbocycles. The Labute approximate surface area is 63.8 Å². The Bertz CT molecular complexity index is 92.9. The van der Waals surface area contributed by atoms with Gasteiger partial charge in [-0.15, -0.1) is 0 Å². The van der Waals surface area contributed by atoms with E-state index in [1.54, 1.807) is 12.2 Å². The molecule has 1 N–H and O–H groups in total. The number of aliphatic hydroxyl groups excluding tert-OH is 1. The molecule has 0 aliphatic rings. The van der Waals surface area contributed by atoms with E-state index < -0.39 is 0 Å². The summed E-state index contributed by atoms with van der Waals surface area (Å²) in [5.41, 5.74) is 0. The molecule has 0 spiro atoms. The molecule has 1 radical (unpaired) electrons. The maximum absolute atomic E-state index is 9.38. The number of hydrogen-bond acceptors (Lipinski definition) is 1. The quantitative estimate of drug-likeness (QED) is 0.636. The second kappa shape index (κ2) is 5.48. The minimum atomic E-state index is -0.299. The Morgan fingerprint density at radius 1 is 1.40 bits per heavy atom. The van der Waals surface area contributed by atoms with Crippen molar-refractivity contribution in [3.8, 4) is 0 Å². The van der Waals surface area contributed by atoms with E-state index in [9.17, 15) is 5.11 Å². The van der Waals surface area contributed by atoms with E-state index in [0.29, 0.717) is 5.92 Å². The van der Waals surface area contributed by atoms with Crippen molar-refractivity contribution in [1.29, 1.82) is 0 Å². The van der Waals surface area contributed by atoms with Crippen molar-refractivity contribution in [3.63, 3.8) is 0 Å². The second-order valence-electron chi connectivity index (χ2n) is 2.50. The molecule has 0 aromatic heterocycles. The van der Waals surface area contributed by atoms with Crippen LogP contribution in [0.15, 0.2) is 12.2 Å². The third kappa shape index (κ3) is 3.02. The highest BCUT2D eigenvalue weighted by atomic mass is 16.3. The fourth-order valence-electron chi connectivity index (χ4n) is 1.07. The number of allylic oxidation sites excluding steroid dienone is 1. The zero-order valence-corrected chi connectivity index (χ0v) is 6.88. The van der Waals surface area contributed by atoms with Crippen molar-refractivity contribution in [2.45, 2.75) is 32.8 Å². The first-order valence-electron chi connectivity index (χ1n) is 3.90. The molecule has 1 heteroatoms. The number of aliphatic hydroxyl groups is 1. The van der Waals surface area contributed by atoms with Crippen LogP contribution < -0.4 is 0 Å². The van der Waals surface area contributed by atoms with Gasteiger partial charge >= 0.3 is 0 Å². The maximum atomic E-state index is 9.38. The lowest BCUT2D eigenvalue weighted by Crippen LogP contribution is -2.15. The summed E-state index contributed by atoms with van der Waals surface area (Å²) in [6.07, 6.45) is 5.16. The molecule has 0 aromatic carbocycles. The maximum Gasteiger partial charge on any atom is 0.0748 e. The van der Waals surface area contributed by atoms with Gasteiger partial charge in [-0.1, -0.05) is 38.8 Å². The molecule has 1 atom stereocenters. The van der Waals surface area contributed by atoms with E-state index in [2.05, 4.69) is 20.8 Å². The first-order valence-corrected chi connectivity index (χ1v) is 3.90. The summed E-state index contributed by atoms with van der Waals surface area (Å²) in [4.78, 5) is 0. The van der Waals surface area contributed by atoms with Gasteiger partial charge in [0.05, 0.1) is 6.10 Å². The normalized spacial score (nSPS) is 14.9. The minimum Gasteiger partial charge on any atom is -0.389 e. The zero-order chi connectivity index (χ0) is 7.98. The van der Waals surface area contributed by atoms with Gasteiger partial charge in [-0.25, -0.2) is 0 Å². The largest absolute Gasteiger partial charge is 0.389 e. The molecule has 0 saturated heterocycles. The molecule has 0 aliphatic carbocycles. The fourth-order valence-corrected chi connectivity index (χ4v) is 1.07. The molecule has 59 valence electrons. The summed E-state index contributed by atoms with van der Waals surface area (Å²) < 4.78 is 0. The Morgan fingerprint density at radius 2 is 1.90 bits per heavy atom. The Morgan fingerprint density at radius 3 is 2.20 bits per heavy atom. The van der Waals surface area contributed by atoms with Crippen molar-refractivity contribution in [1.82, 2.24) is 0 Å². The number of rotatable bonds is 4. The third-order valence-electron chi connectivity index (χ3n) is 1.86. The summed E-state index contributed by atoms with van der Waals surface area (Å²) >= 11 is 0. The van der Waals surface area contributed by atoms with E-state index in [-0.39, 0.29) is 6.10 Å². The first kappa shape index (κ1) is 9.70. The van der Waals surface area contributed by atoms with Crippen molar-refractivity contribution in [3.05, 3.63) is 19.1 Å². The smallest absolute Gasteiger partial charge is 0.0748 e. The average Bonchev–Trinajstić information content (AvgIpc) is 1.91. The van der Waals surface area contributed by atoms with Crippen molar-refractivity contribution in [2.75, 3.05) is 0 Å². The Kier molecular flexibility index (Phi) is 5.32. The predicted octanol–water partition coefficient (Wildman–Crippen LogP) is 2.17. The monoisotopic (exact) mass is 141 g/mol. The molecule has 0 aliphatic heterocycles. The summed E-state index contributed by atoms with van der Waals surface area (Å²) in [7, 11) is 0. The molecule has 0 aromatic rings. The van der Waals surface area contributed by atoms with Crippen molar-refractivity contribution in [2.24, 2.45) is 5.92 Å². The van der Waals surface area contributed by atoms with Crippen LogP contribution in [0.1, 0.15) is 26.7 Å². The topological polar surface area (TPSA) is 20.2 Å². The highest BCUT2D eigenvalue weighted by Gasteiger charge is 2.10. The highest BCUT2D eigenvalue weighted by Crippen LogP contribution is 2.13. The Balaban J connectivity index is 3.75. The molecule has 0 amide bonds. The van der Waals surface area contributed by atoms with Crippen LogP contribution in [0, 0.1) is 12.8 Å². The molecular formula is C9H17O. The minimum absolute atomic E-state index is 0.299. The van der Waals surface area contributed by atoms with Crippen LogP contribution in [-0.2, 0) is 0 Å². The lowest BCUT2D eigenvalue weighted by molar-refractivity contribution is 0.147. The average molecular weight is 141 g/mol. The van der Waals surface area contributed by atoms with Crippen molar-refractivity contribution < 1.29 is 5.11 Å². The van der Waals surface area contributed by atoms with Gasteiger partial charge < -0.3 is 5.11 Å². The predicted molar refractivity (Wildman–Crippen MR) is 44.6 cm³/mol. The van der Waals surface area contributed by atoms with Crippen LogP contribution in [0.5, 0.6) is 0 Å². The van der Waals surface area contributed by atoms with Gasteiger partial charge in [-0.2, -0.15) is 0 Å². The van der Waals surface area contributed by atoms with Gasteiger partial charge in [-0.3, -0.25) is 0 Å². The number of hydrogen-bond donors (Lipinski definition) is 1. The van der Waals surface area contributed by atoms with Gasteiger partial charge in [-0.05, 0) is 12.8 Å². The van der Waals surface area contributed by atoms with Gasteiger partial charge in [0.25, 0.3) is 0 Å². The van der Waals surface area contributed by atoms with Crippen LogP contribution >= 0.6 is 0 Å². The highest BCUT2D eigenvalue weighted by molar-refractivity contribution is 4.92. The van der Waals surface area contributed by atoms with Crippen LogP contribution in [0.2, 0.25) is 0 Å². The SMILES string of the molecule is [CH2]C=CC(O)C(CC)CC. The van der Waals surface area contributed by atoms with Gasteiger partial charge in [0.1, 0.15) is 0 Å². The van der Waals surface area contributed by atoms with Crippen molar-refractivity contribution >= 4 is 0 Å². The molecular weight excluding hydrogens is 124 g/mol. The molecule has 1 nitrogen and oxygen atoms in total. The van der Waals surface area contributed by atoms with Gasteiger partial charge in [0.2, 0.25) is 0 Å². The molecule has 1 unspecified atom stereocenters. The van der Waals surface area contributed by atoms with Gasteiger partial charge in [0, 0.05) is 0 Å². The lowest BCUT2D eigenvalue weighted by Gasteiger charge is -2.15. The van der Waals surface area contributed by atoms with Crippen LogP contribution in [-0.4, -0.2) is 11.2 Å². The summed E-state index contributed by atoms with van der Waals surface area (Å²) in [6, 6.07) is 0. The fraction of sp³-hybridized carbons (Fsp3) is 0.667. The molecule has 10 heavy (non-hydrogen) atoms. The zero-order valence-electron chi connectivity index (χ0n) is 6.88. The Hall–Kier alpha value is -0.300. The molecule has 0 heterocycles. The first-order chi connectivity index (χ1) is 4.76. The van der Waals surface area contributed by atoms with E-state index in [4.69, 9.17) is 0 Å². The van der Waals surface area contributed by atoms with E-state index in [1.807, 2.05) is 0 Å². The van der Waals surface area contributed by atoms with E-state index in [0.717, 1.165) is 12.8 Å². The lowest BCUT2D eigenvalue weighted by atomic mass is 9.96. The molecule has 0 bridgehead atoms. The summed E-state index contributed by atoms with van der Waals surface area (Å²) in [5.74, 6) is 0.401.